The van der Waals surface area contributed by atoms with Gasteiger partial charge in [0.15, 0.2) is 0 Å². The van der Waals surface area contributed by atoms with Gasteiger partial charge in [0, 0.05) is 19.4 Å². The van der Waals surface area contributed by atoms with E-state index in [-0.39, 0.29) is 0 Å². The Kier molecular flexibility index (Phi) is 10.7. The van der Waals surface area contributed by atoms with Crippen molar-refractivity contribution in [2.45, 2.75) is 0 Å². The van der Waals surface area contributed by atoms with Crippen LogP contribution >= 0.6 is 30.2 Å². The molecule has 0 amide bonds. The number of nitrogens with zero attached hydrogens (tertiary/aromatic N) is 4. The summed E-state index contributed by atoms with van der Waals surface area (Å²) in [5, 5.41) is 8.69. The summed E-state index contributed by atoms with van der Waals surface area (Å²) in [7, 11) is 12.3. The highest BCUT2D eigenvalue weighted by Gasteiger charge is 2.44. The molecule has 0 aliphatic carbocycles. The molecule has 0 unspecified atom stereocenters. The number of allylic oxidation sites excluding steroid dienone is 1. The molecule has 0 saturated carbocycles. The molecular formula is C36H46N4P4. The first-order chi connectivity index (χ1) is 21.1. The highest BCUT2D eigenvalue weighted by Crippen LogP contribution is 2.78. The third-order valence-corrected chi connectivity index (χ3v) is 24.1. The average Bonchev–Trinajstić information content (AvgIpc) is 3.03. The minimum Gasteiger partial charge on any atom is -0.275 e. The van der Waals surface area contributed by atoms with Crippen molar-refractivity contribution in [2.75, 3.05) is 56.4 Å². The van der Waals surface area contributed by atoms with Gasteiger partial charge in [-0.2, -0.15) is 0 Å². The lowest BCUT2D eigenvalue weighted by atomic mass is 10.4. The van der Waals surface area contributed by atoms with Crippen LogP contribution in [0.2, 0.25) is 0 Å². The predicted octanol–water partition coefficient (Wildman–Crippen LogP) is 6.94. The molecule has 0 bridgehead atoms. The van der Waals surface area contributed by atoms with Crippen molar-refractivity contribution < 1.29 is 0 Å². The van der Waals surface area contributed by atoms with Crippen LogP contribution in [0.25, 0.3) is 0 Å². The van der Waals surface area contributed by atoms with Crippen LogP contribution in [0.15, 0.2) is 132 Å². The number of hydrogen-bond donors (Lipinski definition) is 0. The lowest BCUT2D eigenvalue weighted by Crippen LogP contribution is -2.34. The maximum atomic E-state index is 2.80. The van der Waals surface area contributed by atoms with E-state index < -0.39 is 30.2 Å². The quantitative estimate of drug-likeness (QED) is 0.171. The molecule has 0 radical (unpaired) electrons. The molecule has 0 aromatic heterocycles. The Morgan fingerprint density at radius 2 is 0.727 bits per heavy atom. The van der Waals surface area contributed by atoms with Crippen LogP contribution in [0.3, 0.4) is 0 Å². The van der Waals surface area contributed by atoms with E-state index in [0.717, 1.165) is 0 Å². The number of rotatable bonds is 10. The normalized spacial score (nSPS) is 16.2. The molecule has 1 heterocycles. The van der Waals surface area contributed by atoms with Gasteiger partial charge in [0.05, 0.1) is 0 Å². The Morgan fingerprint density at radius 1 is 0.409 bits per heavy atom. The molecular weight excluding hydrogens is 612 g/mol. The summed E-state index contributed by atoms with van der Waals surface area (Å²) in [5.41, 5.74) is 2.80. The van der Waals surface area contributed by atoms with Gasteiger partial charge in [-0.25, -0.2) is 0 Å². The van der Waals surface area contributed by atoms with Crippen LogP contribution in [0.5, 0.6) is 0 Å². The summed E-state index contributed by atoms with van der Waals surface area (Å²) in [6.45, 7) is 0. The second-order valence-electron chi connectivity index (χ2n) is 11.7. The molecule has 4 nitrogen and oxygen atoms in total. The lowest BCUT2D eigenvalue weighted by molar-refractivity contribution is 0.573. The van der Waals surface area contributed by atoms with Crippen molar-refractivity contribution in [1.82, 2.24) is 18.7 Å². The SMILES string of the molecule is CN(C)P1(N(C)C)=CC(P(c2ccccc2)c2ccccc2)=C(P(c2ccccc2)c2ccccc2)P(N(C)C)(N(C)C)=C1. The van der Waals surface area contributed by atoms with E-state index in [1.54, 1.807) is 5.06 Å². The van der Waals surface area contributed by atoms with Crippen molar-refractivity contribution in [3.63, 3.8) is 0 Å². The average molecular weight is 659 g/mol. The summed E-state index contributed by atoms with van der Waals surface area (Å²) in [4.78, 5) is 0. The van der Waals surface area contributed by atoms with E-state index in [4.69, 9.17) is 0 Å². The van der Waals surface area contributed by atoms with Crippen molar-refractivity contribution in [2.24, 2.45) is 0 Å². The van der Waals surface area contributed by atoms with Gasteiger partial charge in [-0.1, -0.05) is 121 Å². The smallest absolute Gasteiger partial charge is 0.0479 e. The minimum absolute atomic E-state index is 0.868. The first-order valence-corrected chi connectivity index (χ1v) is 21.2. The van der Waals surface area contributed by atoms with Gasteiger partial charge in [0.2, 0.25) is 0 Å². The fourth-order valence-corrected chi connectivity index (χ4v) is 25.4. The van der Waals surface area contributed by atoms with Crippen molar-refractivity contribution >= 4 is 62.8 Å². The van der Waals surface area contributed by atoms with Crippen LogP contribution in [-0.4, -0.2) is 86.4 Å². The topological polar surface area (TPSA) is 13.0 Å². The fourth-order valence-electron chi connectivity index (χ4n) is 6.02. The Hall–Kier alpha value is -2.08. The first-order valence-electron chi connectivity index (χ1n) is 14.9. The van der Waals surface area contributed by atoms with E-state index in [0.29, 0.717) is 0 Å². The third-order valence-electron chi connectivity index (χ3n) is 8.20. The molecule has 0 N–H and O–H groups in total. The van der Waals surface area contributed by atoms with Gasteiger partial charge in [-0.3, -0.25) is 18.7 Å². The fraction of sp³-hybridized carbons (Fsp3) is 0.222. The highest BCUT2D eigenvalue weighted by atomic mass is 31.2. The Morgan fingerprint density at radius 3 is 1.02 bits per heavy atom. The molecule has 8 heteroatoms. The Labute approximate surface area is 268 Å². The van der Waals surface area contributed by atoms with E-state index in [1.165, 1.54) is 26.5 Å². The highest BCUT2D eigenvalue weighted by molar-refractivity contribution is 8.06. The lowest BCUT2D eigenvalue weighted by Gasteiger charge is -2.51. The molecule has 0 fully saturated rings. The molecule has 0 spiro atoms. The van der Waals surface area contributed by atoms with Crippen LogP contribution in [0.1, 0.15) is 0 Å². The zero-order chi connectivity index (χ0) is 31.5. The Bertz CT molecular complexity index is 1580. The standard InChI is InChI=1S/C36H46N4P4/c1-37(2)43(38(3)4)29-35(41(31-21-13-9-14-22-31)32-23-15-10-16-24-32)36(44(30-43,39(5)6)40(7)8)42(33-25-17-11-18-26-33)34-27-19-12-20-28-34/h9-30H,1-8H3. The monoisotopic (exact) mass is 658 g/mol. The maximum absolute atomic E-state index is 2.80. The second kappa shape index (κ2) is 14.1. The van der Waals surface area contributed by atoms with Crippen LogP contribution in [0.4, 0.5) is 0 Å². The molecule has 1 aliphatic rings. The molecule has 230 valence electrons. The van der Waals surface area contributed by atoms with Crippen LogP contribution in [0, 0.1) is 0 Å². The van der Waals surface area contributed by atoms with Crippen LogP contribution in [-0.2, 0) is 0 Å². The molecule has 44 heavy (non-hydrogen) atoms. The van der Waals surface area contributed by atoms with Crippen molar-refractivity contribution in [3.05, 3.63) is 132 Å². The van der Waals surface area contributed by atoms with Crippen molar-refractivity contribution in [1.29, 1.82) is 0 Å². The summed E-state index contributed by atoms with van der Waals surface area (Å²) in [5.74, 6) is 2.72. The van der Waals surface area contributed by atoms with Gasteiger partial charge in [0.25, 0.3) is 0 Å². The zero-order valence-electron chi connectivity index (χ0n) is 27.3. The predicted molar refractivity (Wildman–Crippen MR) is 206 cm³/mol. The number of hydrogen-bond acceptors (Lipinski definition) is 4. The molecule has 1 aliphatic heterocycles. The molecule has 0 saturated heterocycles. The largest absolute Gasteiger partial charge is 0.275 e. The van der Waals surface area contributed by atoms with E-state index in [9.17, 15) is 0 Å². The van der Waals surface area contributed by atoms with Crippen LogP contribution < -0.4 is 21.2 Å². The molecule has 4 aromatic carbocycles. The first kappa shape index (κ1) is 33.3. The van der Waals surface area contributed by atoms with Gasteiger partial charge in [-0.05, 0) is 110 Å². The number of benzene rings is 4. The van der Waals surface area contributed by atoms with Gasteiger partial charge in [-0.15, -0.1) is 0 Å². The molecule has 5 rings (SSSR count). The zero-order valence-corrected chi connectivity index (χ0v) is 30.9. The Balaban J connectivity index is 2.08. The summed E-state index contributed by atoms with van der Waals surface area (Å²) >= 11 is 0. The molecule has 0 atom stereocenters. The van der Waals surface area contributed by atoms with Gasteiger partial charge < -0.3 is 0 Å². The third kappa shape index (κ3) is 6.18. The second-order valence-corrected chi connectivity index (χ2v) is 23.9. The van der Waals surface area contributed by atoms with Gasteiger partial charge >= 0.3 is 0 Å². The summed E-state index contributed by atoms with van der Waals surface area (Å²) in [6, 6.07) is 45.1. The van der Waals surface area contributed by atoms with Crippen molar-refractivity contribution in [3.8, 4) is 0 Å². The minimum atomic E-state index is -2.21. The van der Waals surface area contributed by atoms with E-state index in [1.807, 2.05) is 0 Å². The van der Waals surface area contributed by atoms with E-state index in [2.05, 4.69) is 208 Å². The molecule has 4 aromatic rings. The maximum Gasteiger partial charge on any atom is 0.0479 e. The van der Waals surface area contributed by atoms with E-state index >= 15 is 0 Å². The summed E-state index contributed by atoms with van der Waals surface area (Å²) < 4.78 is 10.1. The van der Waals surface area contributed by atoms with Gasteiger partial charge in [0.1, 0.15) is 0 Å². The summed E-state index contributed by atoms with van der Waals surface area (Å²) in [6.07, 6.45) is 0.